The van der Waals surface area contributed by atoms with Gasteiger partial charge in [0.25, 0.3) is 5.91 Å². The summed E-state index contributed by atoms with van der Waals surface area (Å²) in [5.41, 5.74) is 3.22. The molecule has 1 atom stereocenters. The fourth-order valence-corrected chi connectivity index (χ4v) is 4.41. The first-order chi connectivity index (χ1) is 12.5. The minimum Gasteiger partial charge on any atom is -0.343 e. The van der Waals surface area contributed by atoms with Gasteiger partial charge < -0.3 is 10.2 Å². The van der Waals surface area contributed by atoms with Gasteiger partial charge in [0, 0.05) is 37.9 Å². The van der Waals surface area contributed by atoms with Crippen molar-refractivity contribution in [2.75, 3.05) is 20.6 Å². The molecule has 0 aromatic carbocycles. The van der Waals surface area contributed by atoms with E-state index >= 15 is 0 Å². The van der Waals surface area contributed by atoms with E-state index in [0.717, 1.165) is 38.3 Å². The van der Waals surface area contributed by atoms with Gasteiger partial charge in [0.05, 0.1) is 0 Å². The molecule has 1 saturated carbocycles. The molecule has 2 aliphatic rings. The molecule has 1 amide bonds. The fraction of sp³-hybridized carbons (Fsp3) is 0.810. The highest BCUT2D eigenvalue weighted by atomic mass is 16.2. The van der Waals surface area contributed by atoms with Crippen molar-refractivity contribution in [2.24, 2.45) is 11.8 Å². The summed E-state index contributed by atoms with van der Waals surface area (Å²) < 4.78 is 2.20. The molecule has 0 unspecified atom stereocenters. The van der Waals surface area contributed by atoms with Gasteiger partial charge in [0.15, 0.2) is 5.69 Å². The Morgan fingerprint density at radius 1 is 1.23 bits per heavy atom. The van der Waals surface area contributed by atoms with E-state index in [9.17, 15) is 4.79 Å². The van der Waals surface area contributed by atoms with Gasteiger partial charge in [-0.05, 0) is 50.5 Å². The molecule has 2 aliphatic carbocycles. The highest BCUT2D eigenvalue weighted by molar-refractivity contribution is 5.93. The lowest BCUT2D eigenvalue weighted by Crippen LogP contribution is -2.37. The average molecular weight is 361 g/mol. The van der Waals surface area contributed by atoms with E-state index in [1.165, 1.54) is 43.4 Å². The molecule has 0 saturated heterocycles. The molecule has 0 radical (unpaired) electrons. The number of carbonyl (C=O) groups excluding carboxylic acids is 1. The van der Waals surface area contributed by atoms with Crippen LogP contribution in [0.1, 0.15) is 74.1 Å². The predicted molar refractivity (Wildman–Crippen MR) is 105 cm³/mol. The second kappa shape index (κ2) is 8.55. The number of amides is 1. The van der Waals surface area contributed by atoms with Crippen LogP contribution in [-0.4, -0.2) is 47.3 Å². The van der Waals surface area contributed by atoms with Crippen molar-refractivity contribution in [3.8, 4) is 0 Å². The molecule has 1 fully saturated rings. The smallest absolute Gasteiger partial charge is 0.274 e. The summed E-state index contributed by atoms with van der Waals surface area (Å²) in [6, 6.07) is 0.464. The monoisotopic (exact) mass is 360 g/mol. The molecule has 0 bridgehead atoms. The maximum absolute atomic E-state index is 12.7. The van der Waals surface area contributed by atoms with Crippen molar-refractivity contribution in [3.05, 3.63) is 17.0 Å². The molecule has 0 spiro atoms. The summed E-state index contributed by atoms with van der Waals surface area (Å²) in [6.45, 7) is 6.51. The third-order valence-electron chi connectivity index (χ3n) is 5.93. The van der Waals surface area contributed by atoms with Gasteiger partial charge in [-0.25, -0.2) is 0 Å². The van der Waals surface area contributed by atoms with E-state index in [-0.39, 0.29) is 5.91 Å². The number of nitrogens with one attached hydrogen (secondary N) is 1. The van der Waals surface area contributed by atoms with Gasteiger partial charge in [-0.3, -0.25) is 9.48 Å². The number of hydrogen-bond donors (Lipinski definition) is 1. The standard InChI is InChI=1S/C21H36N4O/c1-15(2)13-22-17-10-11-19-18(12-17)20(21(26)24(3)4)23-25(19)14-16-8-6-5-7-9-16/h15-17,22H,5-14H2,1-4H3/t17-/m0/s1. The van der Waals surface area contributed by atoms with Crippen molar-refractivity contribution in [3.63, 3.8) is 0 Å². The molecule has 1 N–H and O–H groups in total. The normalized spacial score (nSPS) is 21.0. The summed E-state index contributed by atoms with van der Waals surface area (Å²) in [5.74, 6) is 1.42. The quantitative estimate of drug-likeness (QED) is 0.847. The second-order valence-electron chi connectivity index (χ2n) is 8.90. The van der Waals surface area contributed by atoms with Gasteiger partial charge in [-0.1, -0.05) is 33.1 Å². The number of aromatic nitrogens is 2. The Balaban J connectivity index is 1.81. The number of hydrogen-bond acceptors (Lipinski definition) is 3. The summed E-state index contributed by atoms with van der Waals surface area (Å²) >= 11 is 0. The Hall–Kier alpha value is -1.36. The summed E-state index contributed by atoms with van der Waals surface area (Å²) in [6.07, 6.45) is 9.80. The van der Waals surface area contributed by atoms with E-state index in [4.69, 9.17) is 5.10 Å². The molecule has 26 heavy (non-hydrogen) atoms. The highest BCUT2D eigenvalue weighted by Gasteiger charge is 2.30. The Labute approximate surface area is 158 Å². The van der Waals surface area contributed by atoms with Crippen LogP contribution < -0.4 is 5.32 Å². The third-order valence-corrected chi connectivity index (χ3v) is 5.93. The lowest BCUT2D eigenvalue weighted by atomic mass is 9.88. The summed E-state index contributed by atoms with van der Waals surface area (Å²) in [7, 11) is 3.65. The van der Waals surface area contributed by atoms with Crippen LogP contribution in [0.4, 0.5) is 0 Å². The van der Waals surface area contributed by atoms with E-state index in [1.54, 1.807) is 4.90 Å². The molecule has 3 rings (SSSR count). The van der Waals surface area contributed by atoms with Crippen LogP contribution in [-0.2, 0) is 19.4 Å². The summed E-state index contributed by atoms with van der Waals surface area (Å²) in [4.78, 5) is 14.4. The summed E-state index contributed by atoms with van der Waals surface area (Å²) in [5, 5.41) is 8.52. The van der Waals surface area contributed by atoms with Gasteiger partial charge >= 0.3 is 0 Å². The van der Waals surface area contributed by atoms with Gasteiger partial charge in [-0.2, -0.15) is 5.10 Å². The van der Waals surface area contributed by atoms with Crippen LogP contribution in [0.5, 0.6) is 0 Å². The first-order valence-corrected chi connectivity index (χ1v) is 10.5. The maximum Gasteiger partial charge on any atom is 0.274 e. The zero-order valence-electron chi connectivity index (χ0n) is 17.1. The number of fused-ring (bicyclic) bond motifs is 1. The Morgan fingerprint density at radius 2 is 1.96 bits per heavy atom. The minimum absolute atomic E-state index is 0.0492. The minimum atomic E-state index is 0.0492. The fourth-order valence-electron chi connectivity index (χ4n) is 4.41. The van der Waals surface area contributed by atoms with Crippen molar-refractivity contribution in [2.45, 2.75) is 77.8 Å². The first-order valence-electron chi connectivity index (χ1n) is 10.5. The molecule has 146 valence electrons. The van der Waals surface area contributed by atoms with E-state index < -0.39 is 0 Å². The number of rotatable bonds is 6. The topological polar surface area (TPSA) is 50.2 Å². The van der Waals surface area contributed by atoms with Crippen molar-refractivity contribution >= 4 is 5.91 Å². The van der Waals surface area contributed by atoms with Crippen LogP contribution in [0.3, 0.4) is 0 Å². The lowest BCUT2D eigenvalue weighted by Gasteiger charge is -2.27. The van der Waals surface area contributed by atoms with Crippen LogP contribution in [0, 0.1) is 11.8 Å². The molecule has 5 heteroatoms. The maximum atomic E-state index is 12.7. The number of carbonyl (C=O) groups is 1. The molecule has 0 aliphatic heterocycles. The van der Waals surface area contributed by atoms with Crippen LogP contribution in [0.15, 0.2) is 0 Å². The highest BCUT2D eigenvalue weighted by Crippen LogP contribution is 2.30. The molecular formula is C21H36N4O. The Morgan fingerprint density at radius 3 is 2.62 bits per heavy atom. The molecule has 1 aromatic heterocycles. The Bertz CT molecular complexity index is 614. The Kier molecular flexibility index (Phi) is 6.38. The van der Waals surface area contributed by atoms with Crippen molar-refractivity contribution in [1.82, 2.24) is 20.0 Å². The van der Waals surface area contributed by atoms with E-state index in [1.807, 2.05) is 14.1 Å². The van der Waals surface area contributed by atoms with Crippen LogP contribution in [0.25, 0.3) is 0 Å². The largest absolute Gasteiger partial charge is 0.343 e. The van der Waals surface area contributed by atoms with Crippen LogP contribution in [0.2, 0.25) is 0 Å². The van der Waals surface area contributed by atoms with Crippen molar-refractivity contribution < 1.29 is 4.79 Å². The van der Waals surface area contributed by atoms with E-state index in [2.05, 4.69) is 23.8 Å². The first kappa shape index (κ1) is 19.4. The zero-order chi connectivity index (χ0) is 18.7. The van der Waals surface area contributed by atoms with Gasteiger partial charge in [0.2, 0.25) is 0 Å². The molecule has 5 nitrogen and oxygen atoms in total. The molecule has 1 heterocycles. The SMILES string of the molecule is CC(C)CN[C@H]1CCc2c(c(C(=O)N(C)C)nn2CC2CCCCC2)C1. The van der Waals surface area contributed by atoms with Crippen LogP contribution >= 0.6 is 0 Å². The predicted octanol–water partition coefficient (Wildman–Crippen LogP) is 3.27. The van der Waals surface area contributed by atoms with Crippen molar-refractivity contribution in [1.29, 1.82) is 0 Å². The number of nitrogens with zero attached hydrogens (tertiary/aromatic N) is 3. The lowest BCUT2D eigenvalue weighted by molar-refractivity contribution is 0.0819. The molecule has 1 aromatic rings. The average Bonchev–Trinajstić information content (AvgIpc) is 2.98. The van der Waals surface area contributed by atoms with Gasteiger partial charge in [0.1, 0.15) is 0 Å². The van der Waals surface area contributed by atoms with E-state index in [0.29, 0.717) is 17.7 Å². The third kappa shape index (κ3) is 4.48. The molecular weight excluding hydrogens is 324 g/mol. The zero-order valence-corrected chi connectivity index (χ0v) is 17.1. The van der Waals surface area contributed by atoms with Gasteiger partial charge in [-0.15, -0.1) is 0 Å². The second-order valence-corrected chi connectivity index (χ2v) is 8.90.